The number of benzene rings is 2. The Morgan fingerprint density at radius 3 is 2.32 bits per heavy atom. The van der Waals surface area contributed by atoms with Crippen LogP contribution in [0.25, 0.3) is 0 Å². The molecule has 0 unspecified atom stereocenters. The van der Waals surface area contributed by atoms with Gasteiger partial charge in [-0.1, -0.05) is 36.4 Å². The lowest BCUT2D eigenvalue weighted by Crippen LogP contribution is -2.04. The third-order valence-electron chi connectivity index (χ3n) is 2.48. The Balaban J connectivity index is 2.22. The van der Waals surface area contributed by atoms with Gasteiger partial charge in [-0.2, -0.15) is 0 Å². The molecular weight excluding hydrogens is 240 g/mol. The molecule has 0 saturated heterocycles. The molecule has 0 aromatic heterocycles. The van der Waals surface area contributed by atoms with Crippen LogP contribution in [0.4, 0.5) is 0 Å². The number of rotatable bonds is 4. The van der Waals surface area contributed by atoms with Crippen molar-refractivity contribution in [3.8, 4) is 17.2 Å². The summed E-state index contributed by atoms with van der Waals surface area (Å²) in [4.78, 5) is 11.2. The van der Waals surface area contributed by atoms with Gasteiger partial charge < -0.3 is 9.47 Å². The summed E-state index contributed by atoms with van der Waals surface area (Å²) in [6.07, 6.45) is 1.11. The summed E-state index contributed by atoms with van der Waals surface area (Å²) < 4.78 is 10.8. The number of carbonyl (C=O) groups excluding carboxylic acids is 1. The van der Waals surface area contributed by atoms with Gasteiger partial charge in [-0.25, -0.2) is 4.79 Å². The van der Waals surface area contributed by atoms with Crippen molar-refractivity contribution in [3.63, 3.8) is 0 Å². The Labute approximate surface area is 112 Å². The van der Waals surface area contributed by atoms with Crippen LogP contribution in [0.1, 0.15) is 5.56 Å². The minimum atomic E-state index is -0.514. The minimum absolute atomic E-state index is 0.368. The van der Waals surface area contributed by atoms with Crippen LogP contribution in [0.3, 0.4) is 0 Å². The van der Waals surface area contributed by atoms with E-state index in [4.69, 9.17) is 9.47 Å². The van der Waals surface area contributed by atoms with E-state index in [1.807, 2.05) is 37.3 Å². The lowest BCUT2D eigenvalue weighted by atomic mass is 10.2. The summed E-state index contributed by atoms with van der Waals surface area (Å²) in [6.45, 7) is 5.37. The molecule has 0 N–H and O–H groups in total. The smallest absolute Gasteiger partial charge is 0.335 e. The molecule has 0 radical (unpaired) electrons. The highest BCUT2D eigenvalue weighted by atomic mass is 16.6. The molecule has 19 heavy (non-hydrogen) atoms. The summed E-state index contributed by atoms with van der Waals surface area (Å²) in [5.74, 6) is 1.03. The van der Waals surface area contributed by atoms with Gasteiger partial charge in [-0.3, -0.25) is 0 Å². The van der Waals surface area contributed by atoms with Crippen molar-refractivity contribution in [1.29, 1.82) is 0 Å². The second kappa shape index (κ2) is 5.87. The first-order valence-corrected chi connectivity index (χ1v) is 5.87. The fourth-order valence-electron chi connectivity index (χ4n) is 1.50. The summed E-state index contributed by atoms with van der Waals surface area (Å²) in [7, 11) is 0. The topological polar surface area (TPSA) is 35.5 Å². The zero-order valence-corrected chi connectivity index (χ0v) is 10.6. The Kier molecular flexibility index (Phi) is 3.98. The Morgan fingerprint density at radius 1 is 1.05 bits per heavy atom. The Hall–Kier alpha value is -2.55. The van der Waals surface area contributed by atoms with Crippen molar-refractivity contribution >= 4 is 5.97 Å². The summed E-state index contributed by atoms with van der Waals surface area (Å²) in [5.41, 5.74) is 1.15. The SMILES string of the molecule is C=CC(=O)Oc1ccccc1Oc1ccc(C)cc1. The molecule has 2 rings (SSSR count). The van der Waals surface area contributed by atoms with Gasteiger partial charge in [0.1, 0.15) is 5.75 Å². The van der Waals surface area contributed by atoms with Gasteiger partial charge in [-0.15, -0.1) is 0 Å². The number of carbonyl (C=O) groups is 1. The maximum absolute atomic E-state index is 11.2. The average molecular weight is 254 g/mol. The van der Waals surface area contributed by atoms with E-state index in [-0.39, 0.29) is 0 Å². The van der Waals surface area contributed by atoms with Crippen LogP contribution in [0, 0.1) is 6.92 Å². The van der Waals surface area contributed by atoms with Crippen molar-refractivity contribution < 1.29 is 14.3 Å². The highest BCUT2D eigenvalue weighted by Gasteiger charge is 2.08. The standard InChI is InChI=1S/C16H14O3/c1-3-16(17)19-15-7-5-4-6-14(15)18-13-10-8-12(2)9-11-13/h3-11H,1H2,2H3. The molecule has 0 amide bonds. The van der Waals surface area contributed by atoms with Gasteiger partial charge in [0.2, 0.25) is 0 Å². The van der Waals surface area contributed by atoms with E-state index < -0.39 is 5.97 Å². The number of hydrogen-bond donors (Lipinski definition) is 0. The van der Waals surface area contributed by atoms with Gasteiger partial charge in [-0.05, 0) is 31.2 Å². The lowest BCUT2D eigenvalue weighted by molar-refractivity contribution is -0.129. The highest BCUT2D eigenvalue weighted by Crippen LogP contribution is 2.31. The van der Waals surface area contributed by atoms with Gasteiger partial charge in [0.25, 0.3) is 0 Å². The van der Waals surface area contributed by atoms with E-state index in [0.29, 0.717) is 17.2 Å². The molecule has 0 aliphatic heterocycles. The molecule has 0 spiro atoms. The normalized spacial score (nSPS) is 9.74. The average Bonchev–Trinajstić information content (AvgIpc) is 2.43. The molecule has 3 heteroatoms. The molecule has 2 aromatic rings. The van der Waals surface area contributed by atoms with Gasteiger partial charge in [0.15, 0.2) is 11.5 Å². The maximum atomic E-state index is 11.2. The van der Waals surface area contributed by atoms with Crippen LogP contribution in [0.5, 0.6) is 17.2 Å². The molecular formula is C16H14O3. The molecule has 0 aliphatic rings. The third kappa shape index (κ3) is 3.45. The summed E-state index contributed by atoms with van der Waals surface area (Å²) >= 11 is 0. The van der Waals surface area contributed by atoms with Crippen molar-refractivity contribution in [2.24, 2.45) is 0 Å². The zero-order chi connectivity index (χ0) is 13.7. The van der Waals surface area contributed by atoms with E-state index in [2.05, 4.69) is 6.58 Å². The molecule has 0 heterocycles. The molecule has 0 bridgehead atoms. The Bertz CT molecular complexity index is 585. The maximum Gasteiger partial charge on any atom is 0.335 e. The fourth-order valence-corrected chi connectivity index (χ4v) is 1.50. The number of ether oxygens (including phenoxy) is 2. The molecule has 96 valence electrons. The van der Waals surface area contributed by atoms with Gasteiger partial charge >= 0.3 is 5.97 Å². The molecule has 2 aromatic carbocycles. The van der Waals surface area contributed by atoms with Crippen LogP contribution in [0.15, 0.2) is 61.2 Å². The molecule has 0 aliphatic carbocycles. The third-order valence-corrected chi connectivity index (χ3v) is 2.48. The monoisotopic (exact) mass is 254 g/mol. The first-order valence-electron chi connectivity index (χ1n) is 5.87. The molecule has 3 nitrogen and oxygen atoms in total. The summed E-state index contributed by atoms with van der Waals surface area (Å²) in [5, 5.41) is 0. The predicted molar refractivity (Wildman–Crippen MR) is 73.5 cm³/mol. The number of esters is 1. The zero-order valence-electron chi connectivity index (χ0n) is 10.6. The van der Waals surface area contributed by atoms with Crippen molar-refractivity contribution in [3.05, 3.63) is 66.7 Å². The quantitative estimate of drug-likeness (QED) is 0.472. The van der Waals surface area contributed by atoms with Crippen molar-refractivity contribution in [2.45, 2.75) is 6.92 Å². The number of para-hydroxylation sites is 2. The first kappa shape index (κ1) is 12.9. The van der Waals surface area contributed by atoms with Crippen LogP contribution >= 0.6 is 0 Å². The van der Waals surface area contributed by atoms with Gasteiger partial charge in [0, 0.05) is 6.08 Å². The molecule has 0 atom stereocenters. The van der Waals surface area contributed by atoms with E-state index in [1.165, 1.54) is 0 Å². The van der Waals surface area contributed by atoms with Crippen LogP contribution in [0.2, 0.25) is 0 Å². The van der Waals surface area contributed by atoms with E-state index in [0.717, 1.165) is 11.6 Å². The second-order valence-electron chi connectivity index (χ2n) is 3.99. The van der Waals surface area contributed by atoms with E-state index in [1.54, 1.807) is 18.2 Å². The van der Waals surface area contributed by atoms with Crippen molar-refractivity contribution in [2.75, 3.05) is 0 Å². The van der Waals surface area contributed by atoms with E-state index >= 15 is 0 Å². The lowest BCUT2D eigenvalue weighted by Gasteiger charge is -2.10. The molecule has 0 saturated carbocycles. The minimum Gasteiger partial charge on any atom is -0.453 e. The summed E-state index contributed by atoms with van der Waals surface area (Å²) in [6, 6.07) is 14.6. The number of hydrogen-bond acceptors (Lipinski definition) is 3. The Morgan fingerprint density at radius 2 is 1.68 bits per heavy atom. The van der Waals surface area contributed by atoms with E-state index in [9.17, 15) is 4.79 Å². The van der Waals surface area contributed by atoms with Gasteiger partial charge in [0.05, 0.1) is 0 Å². The second-order valence-corrected chi connectivity index (χ2v) is 3.99. The number of aryl methyl sites for hydroxylation is 1. The van der Waals surface area contributed by atoms with Crippen LogP contribution in [-0.2, 0) is 4.79 Å². The predicted octanol–water partition coefficient (Wildman–Crippen LogP) is 3.88. The first-order chi connectivity index (χ1) is 9.19. The highest BCUT2D eigenvalue weighted by molar-refractivity contribution is 5.83. The largest absolute Gasteiger partial charge is 0.453 e. The van der Waals surface area contributed by atoms with Crippen LogP contribution in [-0.4, -0.2) is 5.97 Å². The van der Waals surface area contributed by atoms with Crippen LogP contribution < -0.4 is 9.47 Å². The van der Waals surface area contributed by atoms with Crippen molar-refractivity contribution in [1.82, 2.24) is 0 Å². The molecule has 0 fully saturated rings. The fraction of sp³-hybridized carbons (Fsp3) is 0.0625.